The minimum absolute atomic E-state index is 0. The molecule has 0 unspecified atom stereocenters. The first-order valence-electron chi connectivity index (χ1n) is 1.43. The van der Waals surface area contributed by atoms with E-state index in [-0.39, 0.29) is 26.2 Å². The maximum atomic E-state index is 8.88. The summed E-state index contributed by atoms with van der Waals surface area (Å²) in [7, 11) is -7.77. The first-order chi connectivity index (χ1) is 3.73. The van der Waals surface area contributed by atoms with Crippen molar-refractivity contribution in [1.29, 1.82) is 0 Å². The topological polar surface area (TPSA) is 135 Å². The molecule has 0 aliphatic rings. The Balaban J connectivity index is -0.0000000910. The van der Waals surface area contributed by atoms with Gasteiger partial charge in [0.2, 0.25) is 0 Å². The van der Waals surface area contributed by atoms with Crippen LogP contribution in [0.25, 0.3) is 0 Å². The summed E-state index contributed by atoms with van der Waals surface area (Å²) >= 11 is 0. The summed E-state index contributed by atoms with van der Waals surface area (Å²) in [6, 6.07) is 0. The van der Waals surface area contributed by atoms with Crippen molar-refractivity contribution in [2.24, 2.45) is 0 Å². The van der Waals surface area contributed by atoms with Gasteiger partial charge in [0.25, 0.3) is 0 Å². The Labute approximate surface area is 76.6 Å². The second-order valence-electron chi connectivity index (χ2n) is 0.796. The van der Waals surface area contributed by atoms with E-state index >= 15 is 0 Å². The summed E-state index contributed by atoms with van der Waals surface area (Å²) in [4.78, 5) is 35.9. The quantitative estimate of drug-likeness (QED) is 0.241. The normalized spacial score (nSPS) is 8.30. The van der Waals surface area contributed by atoms with E-state index in [0.717, 1.165) is 0 Å². The van der Waals surface area contributed by atoms with E-state index in [4.69, 9.17) is 33.3 Å². The van der Waals surface area contributed by atoms with Crippen molar-refractivity contribution in [1.82, 2.24) is 0 Å². The molecule has 0 heterocycles. The van der Waals surface area contributed by atoms with Gasteiger partial charge in [-0.3, -0.25) is 4.46 Å². The van der Waals surface area contributed by atoms with Gasteiger partial charge in [-0.25, -0.2) is 4.57 Å². The molecule has 10 heteroatoms. The minimum Gasteiger partial charge on any atom is -0.511 e. The Hall–Kier alpha value is 0.610. The third-order valence-electron chi connectivity index (χ3n) is 0. The second kappa shape index (κ2) is 7.71. The molecule has 0 saturated carbocycles. The molecule has 0 amide bonds. The van der Waals surface area contributed by atoms with Crippen LogP contribution in [0.1, 0.15) is 0 Å². The van der Waals surface area contributed by atoms with E-state index < -0.39 is 17.0 Å². The van der Waals surface area contributed by atoms with Crippen molar-refractivity contribution in [3.63, 3.8) is 0 Å². The van der Waals surface area contributed by atoms with E-state index in [9.17, 15) is 0 Å². The van der Waals surface area contributed by atoms with Crippen molar-refractivity contribution >= 4 is 17.0 Å². The van der Waals surface area contributed by atoms with Gasteiger partial charge in [0.05, 0.1) is 0 Å². The summed E-state index contributed by atoms with van der Waals surface area (Å²) < 4.78 is 17.6. The second-order valence-corrected chi connectivity index (χ2v) is 2.39. The van der Waals surface area contributed by atoms with Crippen molar-refractivity contribution in [3.05, 3.63) is 0 Å². The van der Waals surface area contributed by atoms with Crippen molar-refractivity contribution in [2.75, 3.05) is 0 Å². The predicted molar refractivity (Wildman–Crippen MR) is 25.1 cm³/mol. The van der Waals surface area contributed by atoms with E-state index in [2.05, 4.69) is 0 Å². The first kappa shape index (κ1) is 16.9. The van der Waals surface area contributed by atoms with Gasteiger partial charge in [-0.15, -0.1) is 0 Å². The molecule has 0 rings (SSSR count). The Morgan fingerprint density at radius 2 is 1.10 bits per heavy atom. The molecule has 0 aliphatic carbocycles. The van der Waals surface area contributed by atoms with Gasteiger partial charge in [0, 0.05) is 26.2 Å². The Bertz CT molecular complexity index is 113. The fraction of sp³-hybridized carbons (Fsp3) is 0. The number of hydrogen-bond donors (Lipinski definition) is 5. The van der Waals surface area contributed by atoms with Gasteiger partial charge in [-0.1, -0.05) is 0 Å². The van der Waals surface area contributed by atoms with Crippen molar-refractivity contribution < 1.29 is 59.5 Å². The van der Waals surface area contributed by atoms with E-state index in [0.29, 0.717) is 0 Å². The van der Waals surface area contributed by atoms with Crippen LogP contribution < -0.4 is 0 Å². The maximum Gasteiger partial charge on any atom is 0.761 e. The van der Waals surface area contributed by atoms with Gasteiger partial charge in [-0.2, -0.15) is 0 Å². The smallest absolute Gasteiger partial charge is 0.511 e. The number of rotatable bonds is 0. The van der Waals surface area contributed by atoms with Crippen LogP contribution in [0.5, 0.6) is 0 Å². The van der Waals surface area contributed by atoms with Crippen LogP contribution >= 0.6 is 7.82 Å². The van der Waals surface area contributed by atoms with E-state index in [1.807, 2.05) is 0 Å². The Morgan fingerprint density at radius 1 is 1.10 bits per heavy atom. The van der Waals surface area contributed by atoms with Crippen LogP contribution in [-0.4, -0.2) is 33.4 Å². The average molecular weight is 267 g/mol. The minimum atomic E-state index is -4.64. The zero-order valence-corrected chi connectivity index (χ0v) is 8.85. The van der Waals surface area contributed by atoms with Gasteiger partial charge >= 0.3 is 17.0 Å². The van der Waals surface area contributed by atoms with Gasteiger partial charge in [0.15, 0.2) is 0 Å². The predicted octanol–water partition coefficient (Wildman–Crippen LogP) is -2.54. The van der Waals surface area contributed by atoms with Crippen molar-refractivity contribution in [3.8, 4) is 0 Å². The van der Waals surface area contributed by atoms with Crippen molar-refractivity contribution in [2.45, 2.75) is 0 Å². The molecule has 0 atom stereocenters. The van der Waals surface area contributed by atoms with Crippen LogP contribution in [0.4, 0.5) is 0 Å². The molecule has 0 saturated heterocycles. The van der Waals surface area contributed by atoms with Crippen LogP contribution in [0.3, 0.4) is 0 Å². The third-order valence-corrected chi connectivity index (χ3v) is 0. The molecule has 0 aliphatic heterocycles. The molecular formula is H5O7PSiZr. The zero-order chi connectivity index (χ0) is 8.08. The van der Waals surface area contributed by atoms with Gasteiger partial charge < -0.3 is 24.3 Å². The van der Waals surface area contributed by atoms with Crippen LogP contribution in [-0.2, 0) is 35.2 Å². The monoisotopic (exact) mass is 266 g/mol. The summed E-state index contributed by atoms with van der Waals surface area (Å²) in [6.07, 6.45) is 0. The molecule has 0 aromatic carbocycles. The summed E-state index contributed by atoms with van der Waals surface area (Å²) in [6.45, 7) is 0. The fourth-order valence-corrected chi connectivity index (χ4v) is 0. The molecule has 5 N–H and O–H groups in total. The number of hydrogen-bond acceptors (Lipinski definition) is 2. The molecule has 0 spiro atoms. The third kappa shape index (κ3) is 1340. The molecule has 7 nitrogen and oxygen atoms in total. The molecular weight excluding hydrogens is 262 g/mol. The van der Waals surface area contributed by atoms with E-state index in [1.54, 1.807) is 0 Å². The summed E-state index contributed by atoms with van der Waals surface area (Å²) in [5.41, 5.74) is 0. The average Bonchev–Trinajstić information content (AvgIpc) is 1.19. The van der Waals surface area contributed by atoms with Gasteiger partial charge in [0.1, 0.15) is 0 Å². The van der Waals surface area contributed by atoms with E-state index in [1.165, 1.54) is 0 Å². The standard InChI is InChI=1S/H3O4P.H2O3Si.Zr/c1-5(2,3)4;1-4(2)3;/h(H3,1,2,3,4);1-2H;. The Morgan fingerprint density at radius 3 is 1.10 bits per heavy atom. The Kier molecular flexibility index (Phi) is 13.1. The maximum absolute atomic E-state index is 8.88. The van der Waals surface area contributed by atoms with Crippen LogP contribution in [0, 0.1) is 0 Å². The molecule has 60 valence electrons. The molecule has 0 aromatic rings. The molecule has 10 heavy (non-hydrogen) atoms. The van der Waals surface area contributed by atoms with Crippen LogP contribution in [0.15, 0.2) is 0 Å². The summed E-state index contributed by atoms with van der Waals surface area (Å²) in [5, 5.41) is 0. The fourth-order valence-electron chi connectivity index (χ4n) is 0. The SMILES string of the molecule is O=P(O)(O)O.O=[Si](O)O.[Zr]. The molecule has 0 bridgehead atoms. The zero-order valence-electron chi connectivity index (χ0n) is 4.50. The number of phosphoric acid groups is 1. The first-order valence-corrected chi connectivity index (χ1v) is 4.30. The summed E-state index contributed by atoms with van der Waals surface area (Å²) in [5.74, 6) is 0. The molecule has 0 aromatic heterocycles. The van der Waals surface area contributed by atoms with Gasteiger partial charge in [-0.05, 0) is 0 Å². The molecule has 0 fully saturated rings. The largest absolute Gasteiger partial charge is 0.761 e. The van der Waals surface area contributed by atoms with Crippen LogP contribution in [0.2, 0.25) is 0 Å². The molecule has 0 radical (unpaired) electrons.